The zero-order valence-electron chi connectivity index (χ0n) is 17.0. The number of amides is 1. The molecule has 3 aromatic rings. The van der Waals surface area contributed by atoms with Gasteiger partial charge >= 0.3 is 0 Å². The van der Waals surface area contributed by atoms with E-state index < -0.39 is 0 Å². The van der Waals surface area contributed by atoms with E-state index in [9.17, 15) is 4.79 Å². The second-order valence-corrected chi connectivity index (χ2v) is 8.47. The van der Waals surface area contributed by atoms with E-state index in [1.165, 1.54) is 0 Å². The number of para-hydroxylation sites is 2. The molecule has 1 aliphatic heterocycles. The van der Waals surface area contributed by atoms with Crippen molar-refractivity contribution in [3.05, 3.63) is 54.0 Å². The largest absolute Gasteiger partial charge is 0.476 e. The standard InChI is InChI=1S/C22H25N5O2/c1-22(2,3)19-8-9-20(26-25-19)29-14-15-10-11-27(13-15)21(28)18-12-23-16-6-4-5-7-17(16)24-18/h4-9,12,15H,10-11,13-14H2,1-3H3. The molecule has 2 aromatic heterocycles. The number of likely N-dealkylation sites (tertiary alicyclic amines) is 1. The number of fused-ring (bicyclic) bond motifs is 1. The number of ether oxygens (including phenoxy) is 1. The molecule has 0 bridgehead atoms. The first-order valence-corrected chi connectivity index (χ1v) is 9.88. The predicted molar refractivity (Wildman–Crippen MR) is 110 cm³/mol. The van der Waals surface area contributed by atoms with Gasteiger partial charge in [0.1, 0.15) is 5.69 Å². The molecule has 1 fully saturated rings. The minimum Gasteiger partial charge on any atom is -0.476 e. The highest BCUT2D eigenvalue weighted by Gasteiger charge is 2.28. The van der Waals surface area contributed by atoms with Crippen LogP contribution in [0.5, 0.6) is 5.88 Å². The first-order valence-electron chi connectivity index (χ1n) is 9.88. The zero-order valence-corrected chi connectivity index (χ0v) is 17.0. The van der Waals surface area contributed by atoms with Crippen LogP contribution in [0.25, 0.3) is 11.0 Å². The van der Waals surface area contributed by atoms with Gasteiger partial charge in [-0.05, 0) is 24.6 Å². The Labute approximate surface area is 170 Å². The lowest BCUT2D eigenvalue weighted by molar-refractivity contribution is 0.0777. The van der Waals surface area contributed by atoms with Crippen molar-refractivity contribution in [3.63, 3.8) is 0 Å². The molecule has 1 aliphatic rings. The summed E-state index contributed by atoms with van der Waals surface area (Å²) in [5.74, 6) is 0.694. The Bertz CT molecular complexity index is 1010. The van der Waals surface area contributed by atoms with Gasteiger partial charge in [0.15, 0.2) is 0 Å². The maximum atomic E-state index is 12.8. The second-order valence-electron chi connectivity index (χ2n) is 8.47. The summed E-state index contributed by atoms with van der Waals surface area (Å²) in [4.78, 5) is 23.4. The van der Waals surface area contributed by atoms with E-state index in [-0.39, 0.29) is 17.2 Å². The van der Waals surface area contributed by atoms with Crippen LogP contribution >= 0.6 is 0 Å². The van der Waals surface area contributed by atoms with Gasteiger partial charge in [0.25, 0.3) is 5.91 Å². The molecule has 0 aliphatic carbocycles. The van der Waals surface area contributed by atoms with Gasteiger partial charge in [-0.3, -0.25) is 9.78 Å². The molecule has 3 heterocycles. The van der Waals surface area contributed by atoms with Gasteiger partial charge in [-0.1, -0.05) is 32.9 Å². The molecule has 7 heteroatoms. The van der Waals surface area contributed by atoms with Gasteiger partial charge in [-0.15, -0.1) is 5.10 Å². The quantitative estimate of drug-likeness (QED) is 0.679. The number of rotatable bonds is 4. The first kappa shape index (κ1) is 19.2. The molecule has 0 spiro atoms. The number of hydrogen-bond acceptors (Lipinski definition) is 6. The summed E-state index contributed by atoms with van der Waals surface area (Å²) in [6, 6.07) is 11.4. The normalized spacial score (nSPS) is 16.9. The Morgan fingerprint density at radius 1 is 1.14 bits per heavy atom. The topological polar surface area (TPSA) is 81.1 Å². The molecule has 1 amide bonds. The van der Waals surface area contributed by atoms with Crippen molar-refractivity contribution in [2.24, 2.45) is 5.92 Å². The van der Waals surface area contributed by atoms with Gasteiger partial charge in [-0.25, -0.2) is 4.98 Å². The molecule has 1 atom stereocenters. The Balaban J connectivity index is 1.34. The lowest BCUT2D eigenvalue weighted by atomic mass is 9.92. The van der Waals surface area contributed by atoms with Crippen molar-refractivity contribution in [1.29, 1.82) is 0 Å². The molecule has 0 radical (unpaired) electrons. The van der Waals surface area contributed by atoms with Crippen LogP contribution in [0.3, 0.4) is 0 Å². The molecule has 7 nitrogen and oxygen atoms in total. The summed E-state index contributed by atoms with van der Waals surface area (Å²) in [7, 11) is 0. The van der Waals surface area contributed by atoms with E-state index in [1.807, 2.05) is 41.3 Å². The maximum Gasteiger partial charge on any atom is 0.274 e. The fourth-order valence-corrected chi connectivity index (χ4v) is 3.38. The van der Waals surface area contributed by atoms with Crippen LogP contribution < -0.4 is 4.74 Å². The van der Waals surface area contributed by atoms with Gasteiger partial charge in [0.05, 0.1) is 29.5 Å². The van der Waals surface area contributed by atoms with Crippen LogP contribution in [0.1, 0.15) is 43.4 Å². The molecule has 1 saturated heterocycles. The van der Waals surface area contributed by atoms with Crippen molar-refractivity contribution >= 4 is 16.9 Å². The van der Waals surface area contributed by atoms with Crippen molar-refractivity contribution in [3.8, 4) is 5.88 Å². The number of nitrogens with zero attached hydrogens (tertiary/aromatic N) is 5. The van der Waals surface area contributed by atoms with Gasteiger partial charge in [-0.2, -0.15) is 5.10 Å². The average molecular weight is 391 g/mol. The highest BCUT2D eigenvalue weighted by atomic mass is 16.5. The van der Waals surface area contributed by atoms with E-state index in [2.05, 4.69) is 40.9 Å². The number of benzene rings is 1. The monoisotopic (exact) mass is 391 g/mol. The van der Waals surface area contributed by atoms with Gasteiger partial charge in [0, 0.05) is 30.5 Å². The average Bonchev–Trinajstić information content (AvgIpc) is 3.20. The number of carbonyl (C=O) groups is 1. The third-order valence-electron chi connectivity index (χ3n) is 5.12. The Hall–Kier alpha value is -3.09. The van der Waals surface area contributed by atoms with E-state index in [0.717, 1.165) is 23.1 Å². The predicted octanol–water partition coefficient (Wildman–Crippen LogP) is 3.26. The minimum atomic E-state index is -0.0833. The summed E-state index contributed by atoms with van der Waals surface area (Å²) in [6.45, 7) is 8.14. The second kappa shape index (κ2) is 7.73. The zero-order chi connectivity index (χ0) is 20.4. The Morgan fingerprint density at radius 2 is 1.93 bits per heavy atom. The fourth-order valence-electron chi connectivity index (χ4n) is 3.38. The Morgan fingerprint density at radius 3 is 2.66 bits per heavy atom. The van der Waals surface area contributed by atoms with Gasteiger partial charge < -0.3 is 9.64 Å². The van der Waals surface area contributed by atoms with Crippen molar-refractivity contribution < 1.29 is 9.53 Å². The number of carbonyl (C=O) groups excluding carboxylic acids is 1. The van der Waals surface area contributed by atoms with E-state index in [1.54, 1.807) is 6.20 Å². The maximum absolute atomic E-state index is 12.8. The molecule has 0 saturated carbocycles. The van der Waals surface area contributed by atoms with Crippen LogP contribution in [0.15, 0.2) is 42.6 Å². The summed E-state index contributed by atoms with van der Waals surface area (Å²) in [6.07, 6.45) is 2.45. The van der Waals surface area contributed by atoms with Crippen LogP contribution in [-0.4, -0.2) is 50.7 Å². The van der Waals surface area contributed by atoms with Gasteiger partial charge in [0.2, 0.25) is 5.88 Å². The molecule has 1 unspecified atom stereocenters. The third-order valence-corrected chi connectivity index (χ3v) is 5.12. The van der Waals surface area contributed by atoms with Crippen LogP contribution in [0.4, 0.5) is 0 Å². The number of aromatic nitrogens is 4. The fraction of sp³-hybridized carbons (Fsp3) is 0.409. The summed E-state index contributed by atoms with van der Waals surface area (Å²) < 4.78 is 5.81. The SMILES string of the molecule is CC(C)(C)c1ccc(OCC2CCN(C(=O)c3cnc4ccccc4n3)C2)nn1. The lowest BCUT2D eigenvalue weighted by Crippen LogP contribution is -2.30. The number of hydrogen-bond donors (Lipinski definition) is 0. The highest BCUT2D eigenvalue weighted by molar-refractivity contribution is 5.93. The van der Waals surface area contributed by atoms with Crippen LogP contribution in [0.2, 0.25) is 0 Å². The summed E-state index contributed by atoms with van der Waals surface area (Å²) in [5.41, 5.74) is 2.79. The van der Waals surface area contributed by atoms with E-state index >= 15 is 0 Å². The molecule has 0 N–H and O–H groups in total. The minimum absolute atomic E-state index is 0.0382. The highest BCUT2D eigenvalue weighted by Crippen LogP contribution is 2.22. The molecular formula is C22H25N5O2. The van der Waals surface area contributed by atoms with Crippen molar-refractivity contribution in [1.82, 2.24) is 25.1 Å². The van der Waals surface area contributed by atoms with Crippen LogP contribution in [0, 0.1) is 5.92 Å². The lowest BCUT2D eigenvalue weighted by Gasteiger charge is -2.17. The van der Waals surface area contributed by atoms with Crippen LogP contribution in [-0.2, 0) is 5.41 Å². The van der Waals surface area contributed by atoms with E-state index in [0.29, 0.717) is 31.3 Å². The first-order chi connectivity index (χ1) is 13.9. The van der Waals surface area contributed by atoms with Crippen molar-refractivity contribution in [2.45, 2.75) is 32.6 Å². The van der Waals surface area contributed by atoms with E-state index in [4.69, 9.17) is 4.74 Å². The van der Waals surface area contributed by atoms with Crippen molar-refractivity contribution in [2.75, 3.05) is 19.7 Å². The smallest absolute Gasteiger partial charge is 0.274 e. The summed E-state index contributed by atoms with van der Waals surface area (Å²) >= 11 is 0. The Kier molecular flexibility index (Phi) is 5.13. The molecule has 1 aromatic carbocycles. The molecule has 4 rings (SSSR count). The molecule has 29 heavy (non-hydrogen) atoms. The summed E-state index contributed by atoms with van der Waals surface area (Å²) in [5, 5.41) is 8.41. The molecular weight excluding hydrogens is 366 g/mol. The third kappa shape index (κ3) is 4.34. The molecule has 150 valence electrons.